The summed E-state index contributed by atoms with van der Waals surface area (Å²) in [5.41, 5.74) is 2.33. The number of hydrogen-bond acceptors (Lipinski definition) is 6. The third-order valence-electron chi connectivity index (χ3n) is 2.45. The number of nitrogens with two attached hydrogens (primary N) is 1. The lowest BCUT2D eigenvalue weighted by atomic mass is 10.7. The summed E-state index contributed by atoms with van der Waals surface area (Å²) in [5, 5.41) is 1.84. The lowest BCUT2D eigenvalue weighted by molar-refractivity contribution is 0.483. The van der Waals surface area contributed by atoms with Gasteiger partial charge in [0.15, 0.2) is 10.8 Å². The van der Waals surface area contributed by atoms with E-state index >= 15 is 0 Å². The number of nitrogens with one attached hydrogen (secondary N) is 1. The zero-order valence-electron chi connectivity index (χ0n) is 9.41. The Morgan fingerprint density at radius 3 is 2.94 bits per heavy atom. The van der Waals surface area contributed by atoms with Gasteiger partial charge in [0.05, 0.1) is 0 Å². The molecule has 17 heavy (non-hydrogen) atoms. The van der Waals surface area contributed by atoms with E-state index < -0.39 is 10.0 Å². The molecule has 2 aromatic rings. The maximum Gasteiger partial charge on any atom is 0.262 e. The molecule has 0 aliphatic heterocycles. The minimum Gasteiger partial charge on any atom is -0.306 e. The Hall–Kier alpha value is -1.16. The standard InChI is InChI=1S/C8H13N5O2S2/c1-3-12(2)17(14,15)7-6(11-9)10-8-13(7)4-5-16-8/h4-5,11H,3,9H2,1-2H3. The maximum atomic E-state index is 12.3. The van der Waals surface area contributed by atoms with Gasteiger partial charge in [0.1, 0.15) is 0 Å². The molecule has 9 heteroatoms. The molecule has 0 amide bonds. The minimum absolute atomic E-state index is 0.0700. The second kappa shape index (κ2) is 4.26. The summed E-state index contributed by atoms with van der Waals surface area (Å²) >= 11 is 1.35. The van der Waals surface area contributed by atoms with E-state index in [0.29, 0.717) is 11.5 Å². The highest BCUT2D eigenvalue weighted by molar-refractivity contribution is 7.89. The first kappa shape index (κ1) is 12.3. The number of fused-ring (bicyclic) bond motifs is 1. The maximum absolute atomic E-state index is 12.3. The van der Waals surface area contributed by atoms with Crippen LogP contribution in [-0.2, 0) is 10.0 Å². The molecule has 0 unspecified atom stereocenters. The molecule has 0 atom stereocenters. The third-order valence-corrected chi connectivity index (χ3v) is 5.17. The summed E-state index contributed by atoms with van der Waals surface area (Å²) in [6.07, 6.45) is 1.66. The number of aromatic nitrogens is 2. The van der Waals surface area contributed by atoms with Crippen LogP contribution in [0.2, 0.25) is 0 Å². The van der Waals surface area contributed by atoms with E-state index in [1.807, 2.05) is 0 Å². The van der Waals surface area contributed by atoms with Crippen molar-refractivity contribution in [1.29, 1.82) is 0 Å². The van der Waals surface area contributed by atoms with Crippen molar-refractivity contribution in [1.82, 2.24) is 13.7 Å². The molecular formula is C8H13N5O2S2. The second-order valence-corrected chi connectivity index (χ2v) is 6.22. The van der Waals surface area contributed by atoms with Crippen molar-refractivity contribution in [3.05, 3.63) is 11.6 Å². The van der Waals surface area contributed by atoms with E-state index in [1.54, 1.807) is 18.5 Å². The van der Waals surface area contributed by atoms with Crippen LogP contribution in [0, 0.1) is 0 Å². The average molecular weight is 275 g/mol. The molecule has 2 heterocycles. The highest BCUT2D eigenvalue weighted by atomic mass is 32.2. The minimum atomic E-state index is -3.59. The number of hydrogen-bond donors (Lipinski definition) is 2. The monoisotopic (exact) mass is 275 g/mol. The predicted molar refractivity (Wildman–Crippen MR) is 66.4 cm³/mol. The van der Waals surface area contributed by atoms with Gasteiger partial charge in [-0.25, -0.2) is 14.3 Å². The molecule has 2 aromatic heterocycles. The van der Waals surface area contributed by atoms with Gasteiger partial charge in [0, 0.05) is 25.2 Å². The molecule has 0 fully saturated rings. The molecule has 94 valence electrons. The fraction of sp³-hybridized carbons (Fsp3) is 0.375. The van der Waals surface area contributed by atoms with Crippen LogP contribution in [0.4, 0.5) is 5.82 Å². The van der Waals surface area contributed by atoms with E-state index in [-0.39, 0.29) is 10.8 Å². The molecule has 0 saturated carbocycles. The first-order valence-electron chi connectivity index (χ1n) is 4.91. The van der Waals surface area contributed by atoms with E-state index in [1.165, 1.54) is 27.1 Å². The number of hydrazine groups is 1. The summed E-state index contributed by atoms with van der Waals surface area (Å²) in [6, 6.07) is 0. The number of rotatable bonds is 4. The number of nitrogen functional groups attached to an aromatic ring is 1. The fourth-order valence-electron chi connectivity index (χ4n) is 1.42. The second-order valence-electron chi connectivity index (χ2n) is 3.38. The van der Waals surface area contributed by atoms with Gasteiger partial charge in [-0.05, 0) is 0 Å². The molecule has 2 rings (SSSR count). The summed E-state index contributed by atoms with van der Waals surface area (Å²) in [6.45, 7) is 2.14. The summed E-state index contributed by atoms with van der Waals surface area (Å²) < 4.78 is 27.3. The lowest BCUT2D eigenvalue weighted by Gasteiger charge is -2.14. The molecule has 0 aliphatic carbocycles. The Labute approximate surface area is 103 Å². The first-order chi connectivity index (χ1) is 8.02. The van der Waals surface area contributed by atoms with Gasteiger partial charge in [-0.15, -0.1) is 11.3 Å². The quantitative estimate of drug-likeness (QED) is 0.619. The van der Waals surface area contributed by atoms with Gasteiger partial charge in [0.2, 0.25) is 5.03 Å². The summed E-state index contributed by atoms with van der Waals surface area (Å²) in [7, 11) is -2.07. The van der Waals surface area contributed by atoms with E-state index in [4.69, 9.17) is 5.84 Å². The smallest absolute Gasteiger partial charge is 0.262 e. The van der Waals surface area contributed by atoms with Crippen molar-refractivity contribution in [3.63, 3.8) is 0 Å². The van der Waals surface area contributed by atoms with Crippen LogP contribution in [-0.4, -0.2) is 35.7 Å². The van der Waals surface area contributed by atoms with Crippen molar-refractivity contribution < 1.29 is 8.42 Å². The molecule has 3 N–H and O–H groups in total. The first-order valence-corrected chi connectivity index (χ1v) is 7.22. The highest BCUT2D eigenvalue weighted by Gasteiger charge is 2.28. The molecule has 0 aromatic carbocycles. The molecule has 0 aliphatic rings. The van der Waals surface area contributed by atoms with Crippen LogP contribution in [0.25, 0.3) is 4.96 Å². The van der Waals surface area contributed by atoms with Gasteiger partial charge >= 0.3 is 0 Å². The van der Waals surface area contributed by atoms with Gasteiger partial charge in [0.25, 0.3) is 10.0 Å². The van der Waals surface area contributed by atoms with Gasteiger partial charge in [-0.1, -0.05) is 6.92 Å². The number of anilines is 1. The Morgan fingerprint density at radius 1 is 1.65 bits per heavy atom. The average Bonchev–Trinajstić information content (AvgIpc) is 2.85. The van der Waals surface area contributed by atoms with Crippen LogP contribution < -0.4 is 11.3 Å². The largest absolute Gasteiger partial charge is 0.306 e. The van der Waals surface area contributed by atoms with E-state index in [2.05, 4.69) is 10.4 Å². The van der Waals surface area contributed by atoms with Gasteiger partial charge in [-0.3, -0.25) is 4.40 Å². The number of thiazole rings is 1. The summed E-state index contributed by atoms with van der Waals surface area (Å²) in [5.74, 6) is 5.47. The zero-order valence-corrected chi connectivity index (χ0v) is 11.0. The van der Waals surface area contributed by atoms with Crippen LogP contribution in [0.1, 0.15) is 6.92 Å². The highest BCUT2D eigenvalue weighted by Crippen LogP contribution is 2.26. The topological polar surface area (TPSA) is 92.7 Å². The number of sulfonamides is 1. The van der Waals surface area contributed by atoms with Crippen LogP contribution in [0.5, 0.6) is 0 Å². The normalized spacial score (nSPS) is 12.5. The van der Waals surface area contributed by atoms with Crippen molar-refractivity contribution in [3.8, 4) is 0 Å². The molecule has 0 saturated heterocycles. The van der Waals surface area contributed by atoms with Crippen molar-refractivity contribution in [2.45, 2.75) is 11.9 Å². The molecule has 7 nitrogen and oxygen atoms in total. The van der Waals surface area contributed by atoms with Crippen molar-refractivity contribution in [2.24, 2.45) is 5.84 Å². The van der Waals surface area contributed by atoms with Crippen molar-refractivity contribution >= 4 is 32.1 Å². The van der Waals surface area contributed by atoms with Gasteiger partial charge in [-0.2, -0.15) is 9.29 Å². The van der Waals surface area contributed by atoms with E-state index in [0.717, 1.165) is 0 Å². The van der Waals surface area contributed by atoms with Crippen molar-refractivity contribution in [2.75, 3.05) is 19.0 Å². The predicted octanol–water partition coefficient (Wildman–Crippen LogP) is 0.322. The Bertz CT molecular complexity index is 629. The van der Waals surface area contributed by atoms with Gasteiger partial charge < -0.3 is 5.43 Å². The molecule has 0 bridgehead atoms. The SMILES string of the molecule is CCN(C)S(=O)(=O)c1c(NN)nc2sccn12. The summed E-state index contributed by atoms with van der Waals surface area (Å²) in [4.78, 5) is 4.70. The molecule has 0 spiro atoms. The number of nitrogens with zero attached hydrogens (tertiary/aromatic N) is 3. The van der Waals surface area contributed by atoms with Crippen LogP contribution in [0.3, 0.4) is 0 Å². The fourth-order valence-corrected chi connectivity index (χ4v) is 3.57. The lowest BCUT2D eigenvalue weighted by Crippen LogP contribution is -2.28. The number of imidazole rings is 1. The van der Waals surface area contributed by atoms with E-state index in [9.17, 15) is 8.42 Å². The van der Waals surface area contributed by atoms with Crippen LogP contribution >= 0.6 is 11.3 Å². The Kier molecular flexibility index (Phi) is 3.08. The third kappa shape index (κ3) is 1.80. The Balaban J connectivity index is 2.72. The van der Waals surface area contributed by atoms with Crippen LogP contribution in [0.15, 0.2) is 16.6 Å². The Morgan fingerprint density at radius 2 is 2.35 bits per heavy atom. The molecular weight excluding hydrogens is 262 g/mol. The molecule has 0 radical (unpaired) electrons. The zero-order chi connectivity index (χ0) is 12.6.